The van der Waals surface area contributed by atoms with Crippen LogP contribution in [0.5, 0.6) is 17.2 Å². The van der Waals surface area contributed by atoms with E-state index in [1.165, 1.54) is 18.2 Å². The lowest BCUT2D eigenvalue weighted by molar-refractivity contribution is -0.0498. The molecule has 1 aliphatic rings. The molecule has 4 aromatic carbocycles. The Morgan fingerprint density at radius 3 is 2.28 bits per heavy atom. The van der Waals surface area contributed by atoms with E-state index in [9.17, 15) is 17.6 Å². The maximum absolute atomic E-state index is 14.6. The Morgan fingerprint density at radius 2 is 1.54 bits per heavy atom. The van der Waals surface area contributed by atoms with Crippen LogP contribution in [0.3, 0.4) is 0 Å². The average Bonchev–Trinajstić information content (AvgIpc) is 3.67. The lowest BCUT2D eigenvalue weighted by Crippen LogP contribution is -2.24. The third kappa shape index (κ3) is 7.18. The van der Waals surface area contributed by atoms with Gasteiger partial charge in [0.15, 0.2) is 23.1 Å². The number of fused-ring (bicyclic) bond motifs is 1. The van der Waals surface area contributed by atoms with Crippen molar-refractivity contribution in [1.82, 2.24) is 14.5 Å². The van der Waals surface area contributed by atoms with Crippen molar-refractivity contribution in [2.24, 2.45) is 0 Å². The number of unbranched alkanes of at least 4 members (excludes halogenated alkanes) is 1. The van der Waals surface area contributed by atoms with Crippen molar-refractivity contribution in [1.29, 1.82) is 0 Å². The number of nitrogens with zero attached hydrogens (tertiary/aromatic N) is 3. The van der Waals surface area contributed by atoms with Crippen LogP contribution in [0.1, 0.15) is 36.6 Å². The van der Waals surface area contributed by atoms with E-state index in [4.69, 9.17) is 14.5 Å². The fraction of sp³-hybridized carbons (Fsp3) is 0.250. The standard InChI is InChI=1S/C36H33F4N3O3/c1-2-3-17-43-31(34(27-12-15-29(37)30(38)19-27)41-35(43)26-7-5-4-6-8-26)22-42(20-24-9-13-28(14-10-24)46-36(39)40)21-25-11-16-32-33(18-25)45-23-44-32/h4-16,18-19,36H,2-3,17,20-23H2,1H3. The number of aromatic nitrogens is 2. The van der Waals surface area contributed by atoms with Crippen molar-refractivity contribution >= 4 is 0 Å². The normalized spacial score (nSPS) is 12.3. The molecule has 0 saturated carbocycles. The molecule has 6 rings (SSSR count). The zero-order valence-corrected chi connectivity index (χ0v) is 25.3. The third-order valence-corrected chi connectivity index (χ3v) is 7.80. The summed E-state index contributed by atoms with van der Waals surface area (Å²) in [4.78, 5) is 7.24. The van der Waals surface area contributed by atoms with Gasteiger partial charge in [-0.25, -0.2) is 13.8 Å². The lowest BCUT2D eigenvalue weighted by atomic mass is 10.1. The Labute approximate surface area is 264 Å². The highest BCUT2D eigenvalue weighted by atomic mass is 19.3. The summed E-state index contributed by atoms with van der Waals surface area (Å²) < 4.78 is 72.0. The van der Waals surface area contributed by atoms with Crippen LogP contribution in [0.4, 0.5) is 17.6 Å². The number of benzene rings is 4. The molecule has 1 aliphatic heterocycles. The quantitative estimate of drug-likeness (QED) is 0.122. The molecule has 6 nitrogen and oxygen atoms in total. The van der Waals surface area contributed by atoms with Gasteiger partial charge in [0.2, 0.25) is 6.79 Å². The van der Waals surface area contributed by atoms with Crippen LogP contribution in [0.15, 0.2) is 91.0 Å². The lowest BCUT2D eigenvalue weighted by Gasteiger charge is -2.25. The largest absolute Gasteiger partial charge is 0.454 e. The summed E-state index contributed by atoms with van der Waals surface area (Å²) in [6.45, 7) is 1.36. The first-order valence-electron chi connectivity index (χ1n) is 15.1. The first-order chi connectivity index (χ1) is 22.4. The second kappa shape index (κ2) is 14.1. The monoisotopic (exact) mass is 631 g/mol. The van der Waals surface area contributed by atoms with Crippen LogP contribution < -0.4 is 14.2 Å². The minimum atomic E-state index is -2.91. The number of alkyl halides is 2. The molecule has 0 amide bonds. The molecule has 5 aromatic rings. The molecule has 0 fully saturated rings. The number of rotatable bonds is 13. The van der Waals surface area contributed by atoms with E-state index in [-0.39, 0.29) is 12.5 Å². The highest BCUT2D eigenvalue weighted by Gasteiger charge is 2.24. The van der Waals surface area contributed by atoms with E-state index in [1.54, 1.807) is 18.2 Å². The molecular formula is C36H33F4N3O3. The van der Waals surface area contributed by atoms with Gasteiger partial charge in [-0.1, -0.05) is 61.9 Å². The molecule has 46 heavy (non-hydrogen) atoms. The van der Waals surface area contributed by atoms with Crippen molar-refractivity contribution < 1.29 is 31.8 Å². The zero-order chi connectivity index (χ0) is 32.0. The second-order valence-electron chi connectivity index (χ2n) is 11.1. The molecule has 1 aromatic heterocycles. The van der Waals surface area contributed by atoms with Crippen molar-refractivity contribution in [2.45, 2.75) is 52.6 Å². The predicted octanol–water partition coefficient (Wildman–Crippen LogP) is 8.83. The fourth-order valence-electron chi connectivity index (χ4n) is 5.60. The molecule has 0 bridgehead atoms. The van der Waals surface area contributed by atoms with Crippen LogP contribution in [0.2, 0.25) is 0 Å². The molecule has 0 atom stereocenters. The maximum Gasteiger partial charge on any atom is 0.387 e. The Kier molecular flexibility index (Phi) is 9.54. The predicted molar refractivity (Wildman–Crippen MR) is 167 cm³/mol. The van der Waals surface area contributed by atoms with Gasteiger partial charge in [0.25, 0.3) is 0 Å². The summed E-state index contributed by atoms with van der Waals surface area (Å²) >= 11 is 0. The number of hydrogen-bond donors (Lipinski definition) is 0. The summed E-state index contributed by atoms with van der Waals surface area (Å²) in [5, 5.41) is 0. The van der Waals surface area contributed by atoms with Crippen molar-refractivity contribution in [3.05, 3.63) is 119 Å². The highest BCUT2D eigenvalue weighted by molar-refractivity contribution is 5.68. The van der Waals surface area contributed by atoms with Gasteiger partial charge in [0.1, 0.15) is 11.6 Å². The van der Waals surface area contributed by atoms with Gasteiger partial charge >= 0.3 is 6.61 Å². The van der Waals surface area contributed by atoms with Gasteiger partial charge < -0.3 is 18.8 Å². The van der Waals surface area contributed by atoms with Crippen molar-refractivity contribution in [3.63, 3.8) is 0 Å². The van der Waals surface area contributed by atoms with Gasteiger partial charge in [-0.2, -0.15) is 8.78 Å². The molecule has 10 heteroatoms. The second-order valence-corrected chi connectivity index (χ2v) is 11.1. The van der Waals surface area contributed by atoms with E-state index in [0.717, 1.165) is 47.1 Å². The van der Waals surface area contributed by atoms with Gasteiger partial charge in [-0.15, -0.1) is 0 Å². The average molecular weight is 632 g/mol. The number of halogens is 4. The summed E-state index contributed by atoms with van der Waals surface area (Å²) in [6, 6.07) is 26.0. The third-order valence-electron chi connectivity index (χ3n) is 7.80. The van der Waals surface area contributed by atoms with E-state index >= 15 is 0 Å². The summed E-state index contributed by atoms with van der Waals surface area (Å²) in [6.07, 6.45) is 1.83. The number of ether oxygens (including phenoxy) is 3. The molecule has 0 spiro atoms. The van der Waals surface area contributed by atoms with Crippen molar-refractivity contribution in [3.8, 4) is 39.9 Å². The molecule has 0 saturated heterocycles. The smallest absolute Gasteiger partial charge is 0.387 e. The Bertz CT molecular complexity index is 1780. The molecule has 0 radical (unpaired) electrons. The maximum atomic E-state index is 14.6. The van der Waals surface area contributed by atoms with Crippen LogP contribution in [0.25, 0.3) is 22.6 Å². The fourth-order valence-corrected chi connectivity index (χ4v) is 5.60. The summed E-state index contributed by atoms with van der Waals surface area (Å²) in [5.41, 5.74) is 4.63. The van der Waals surface area contributed by atoms with Gasteiger partial charge in [0, 0.05) is 37.3 Å². The first kappa shape index (κ1) is 31.2. The van der Waals surface area contributed by atoms with E-state index in [1.807, 2.05) is 48.5 Å². The van der Waals surface area contributed by atoms with Crippen molar-refractivity contribution in [2.75, 3.05) is 6.79 Å². The number of imidazole rings is 1. The van der Waals surface area contributed by atoms with Gasteiger partial charge in [-0.05, 0) is 60.0 Å². The molecule has 0 N–H and O–H groups in total. The van der Waals surface area contributed by atoms with Crippen LogP contribution in [-0.4, -0.2) is 27.9 Å². The SMILES string of the molecule is CCCCn1c(-c2ccccc2)nc(-c2ccc(F)c(F)c2)c1CN(Cc1ccc(OC(F)F)cc1)Cc1ccc2c(c1)OCO2. The van der Waals surface area contributed by atoms with Gasteiger partial charge in [0.05, 0.1) is 11.4 Å². The van der Waals surface area contributed by atoms with Crippen LogP contribution in [-0.2, 0) is 26.2 Å². The topological polar surface area (TPSA) is 48.8 Å². The molecular weight excluding hydrogens is 598 g/mol. The number of hydrogen-bond acceptors (Lipinski definition) is 5. The summed E-state index contributed by atoms with van der Waals surface area (Å²) in [7, 11) is 0. The molecule has 2 heterocycles. The van der Waals surface area contributed by atoms with E-state index in [0.29, 0.717) is 48.9 Å². The minimum absolute atomic E-state index is 0.0758. The first-order valence-corrected chi connectivity index (χ1v) is 15.1. The molecule has 0 aliphatic carbocycles. The Balaban J connectivity index is 1.43. The Hall–Kier alpha value is -4.83. The summed E-state index contributed by atoms with van der Waals surface area (Å²) in [5.74, 6) is 0.273. The zero-order valence-electron chi connectivity index (χ0n) is 25.3. The van der Waals surface area contributed by atoms with E-state index < -0.39 is 18.2 Å². The van der Waals surface area contributed by atoms with Crippen LogP contribution in [0, 0.1) is 11.6 Å². The van der Waals surface area contributed by atoms with E-state index in [2.05, 4.69) is 21.1 Å². The molecule has 0 unspecified atom stereocenters. The Morgan fingerprint density at radius 1 is 0.804 bits per heavy atom. The highest BCUT2D eigenvalue weighted by Crippen LogP contribution is 2.35. The molecule has 238 valence electrons. The van der Waals surface area contributed by atoms with Crippen LogP contribution >= 0.6 is 0 Å². The van der Waals surface area contributed by atoms with Gasteiger partial charge in [-0.3, -0.25) is 4.90 Å². The minimum Gasteiger partial charge on any atom is -0.454 e.